The zero-order valence-corrected chi connectivity index (χ0v) is 55.4. The molecule has 10 atom stereocenters. The van der Waals surface area contributed by atoms with E-state index in [-0.39, 0.29) is 147 Å². The zero-order valence-electron chi connectivity index (χ0n) is 55.4. The molecular weight excluding hydrogens is 1200 g/mol. The van der Waals surface area contributed by atoms with Crippen molar-refractivity contribution in [2.24, 2.45) is 17.2 Å². The molecule has 16 N–H and O–H groups in total. The van der Waals surface area contributed by atoms with Gasteiger partial charge >= 0.3 is 29.8 Å². The smallest absolute Gasteiger partial charge is 0.313 e. The molecule has 0 spiro atoms. The Bertz CT molecular complexity index is 1470. The highest BCUT2D eigenvalue weighted by Crippen LogP contribution is 2.10. The van der Waals surface area contributed by atoms with Crippen molar-refractivity contribution in [3.05, 3.63) is 0 Å². The third-order valence-electron chi connectivity index (χ3n) is 11.7. The molecule has 0 saturated carbocycles. The van der Waals surface area contributed by atoms with Gasteiger partial charge in [-0.15, -0.1) is 0 Å². The second-order valence-corrected chi connectivity index (χ2v) is 18.9. The van der Waals surface area contributed by atoms with Crippen LogP contribution in [0, 0.1) is 0 Å². The number of rotatable bonds is 47. The van der Waals surface area contributed by atoms with Gasteiger partial charge in [0.1, 0.15) is 13.2 Å². The van der Waals surface area contributed by atoms with Crippen LogP contribution in [0.4, 0.5) is 0 Å². The molecule has 0 aromatic carbocycles. The van der Waals surface area contributed by atoms with Crippen molar-refractivity contribution in [2.45, 2.75) is 212 Å². The number of unbranched alkanes of at least 4 members (excludes halogenated alkanes) is 2. The molecule has 1 heterocycles. The van der Waals surface area contributed by atoms with Crippen molar-refractivity contribution in [1.82, 2.24) is 5.32 Å². The van der Waals surface area contributed by atoms with Gasteiger partial charge in [0, 0.05) is 80.6 Å². The molecule has 32 heteroatoms. The van der Waals surface area contributed by atoms with Crippen molar-refractivity contribution < 1.29 is 136 Å². The van der Waals surface area contributed by atoms with Gasteiger partial charge in [0.2, 0.25) is 5.91 Å². The Morgan fingerprint density at radius 1 is 0.433 bits per heavy atom. The summed E-state index contributed by atoms with van der Waals surface area (Å²) in [5, 5.41) is 81.3. The first-order valence-corrected chi connectivity index (χ1v) is 30.6. The summed E-state index contributed by atoms with van der Waals surface area (Å²) in [6.45, 7) is 11.1. The quantitative estimate of drug-likeness (QED) is 0.0125. The Kier molecular flexibility index (Phi) is 80.2. The number of hydrogen-bond acceptors (Lipinski definition) is 30. The number of carboxylic acid groups (broad SMARTS) is 1. The standard InChI is InChI=1S/C16H32N2O6.C12H22O7.3C7H16O4.C5H6O3.C4H12N2/c1-3-13(11-19)24-16(22-2)12-23-15(21)8-6-7-14(20)18-10-5-4-9-17;1-3-9(7-13)19-12(17-2)8-18-11(16)6-4-5-10(14)15;3*1-3-6(4-8)11-7(5-9)10-2;6-4-2-1-3-5(7)8-4;5-3-1-2-4-6/h13,16,19H,3-12,17H2,1-2H3,(H,18,20);9,12-13H,3-8H2,1-2H3,(H,14,15);3*6-9H,3-5H2,1-2H3;1-3H2;1-6H2. The highest BCUT2D eigenvalue weighted by molar-refractivity contribution is 5.87. The van der Waals surface area contributed by atoms with Gasteiger partial charge in [-0.2, -0.15) is 0 Å². The average Bonchev–Trinajstić information content (AvgIpc) is 3.58. The van der Waals surface area contributed by atoms with E-state index in [1.807, 2.05) is 34.6 Å². The number of cyclic esters (lactones) is 2. The van der Waals surface area contributed by atoms with Crippen LogP contribution in [0.3, 0.4) is 0 Å². The van der Waals surface area contributed by atoms with Crippen LogP contribution in [0.2, 0.25) is 0 Å². The number of carbonyl (C=O) groups is 6. The highest BCUT2D eigenvalue weighted by Gasteiger charge is 2.20. The van der Waals surface area contributed by atoms with Gasteiger partial charge in [-0.1, -0.05) is 34.6 Å². The van der Waals surface area contributed by atoms with Crippen LogP contribution in [-0.2, 0) is 90.3 Å². The number of aliphatic carboxylic acids is 1. The summed E-state index contributed by atoms with van der Waals surface area (Å²) in [5.41, 5.74) is 15.7. The molecule has 0 bridgehead atoms. The molecule has 32 nitrogen and oxygen atoms in total. The van der Waals surface area contributed by atoms with Crippen LogP contribution in [0.1, 0.15) is 150 Å². The van der Waals surface area contributed by atoms with E-state index in [1.165, 1.54) is 35.5 Å². The topological polar surface area (TPSA) is 495 Å². The largest absolute Gasteiger partial charge is 0.481 e. The molecular formula is C58H120N4O28. The normalized spacial score (nSPS) is 14.9. The lowest BCUT2D eigenvalue weighted by atomic mass is 10.2. The third-order valence-corrected chi connectivity index (χ3v) is 11.7. The summed E-state index contributed by atoms with van der Waals surface area (Å²) in [4.78, 5) is 65.2. The van der Waals surface area contributed by atoms with Crippen molar-refractivity contribution in [3.63, 3.8) is 0 Å². The number of nitrogens with one attached hydrogen (secondary N) is 1. The highest BCUT2D eigenvalue weighted by atomic mass is 16.7. The first kappa shape index (κ1) is 97.3. The maximum Gasteiger partial charge on any atom is 0.313 e. The van der Waals surface area contributed by atoms with E-state index in [0.717, 1.165) is 38.8 Å². The Labute approximate surface area is 533 Å². The summed E-state index contributed by atoms with van der Waals surface area (Å²) in [7, 11) is 7.20. The molecule has 1 rings (SSSR count). The second kappa shape index (κ2) is 74.2. The molecule has 1 aliphatic heterocycles. The average molecular weight is 1320 g/mol. The Morgan fingerprint density at radius 2 is 0.722 bits per heavy atom. The molecule has 1 amide bonds. The SMILES string of the molecule is CCC(CO)OC(CO)OC.CCC(CO)OC(CO)OC.CCC(CO)OC(CO)OC.CCC(CO)OC(COC(=O)CCCC(=O)NCCCCN)OC.CCC(CO)OC(COC(=O)CCCC(=O)O)OC.NCCCCN.O=C1CCCC(=O)O1. The minimum Gasteiger partial charge on any atom is -0.481 e. The van der Waals surface area contributed by atoms with E-state index in [4.69, 9.17) is 120 Å². The summed E-state index contributed by atoms with van der Waals surface area (Å²) in [5.74, 6) is -2.70. The lowest BCUT2D eigenvalue weighted by molar-refractivity contribution is -0.194. The van der Waals surface area contributed by atoms with E-state index >= 15 is 0 Å². The predicted octanol–water partition coefficient (Wildman–Crippen LogP) is -0.000300. The molecule has 10 unspecified atom stereocenters. The van der Waals surface area contributed by atoms with Gasteiger partial charge in [-0.25, -0.2) is 0 Å². The van der Waals surface area contributed by atoms with Gasteiger partial charge in [0.15, 0.2) is 31.5 Å². The van der Waals surface area contributed by atoms with E-state index in [0.29, 0.717) is 70.9 Å². The van der Waals surface area contributed by atoms with Crippen molar-refractivity contribution in [1.29, 1.82) is 0 Å². The molecule has 0 radical (unpaired) electrons. The van der Waals surface area contributed by atoms with Crippen LogP contribution >= 0.6 is 0 Å². The van der Waals surface area contributed by atoms with Crippen LogP contribution in [-0.4, -0.2) is 271 Å². The molecule has 0 aromatic rings. The number of carboxylic acids is 1. The number of amides is 1. The zero-order chi connectivity index (χ0) is 69.8. The lowest BCUT2D eigenvalue weighted by Crippen LogP contribution is -2.30. The molecule has 540 valence electrons. The minimum absolute atomic E-state index is 0.0416. The summed E-state index contributed by atoms with van der Waals surface area (Å²) in [6, 6.07) is 0. The van der Waals surface area contributed by atoms with Gasteiger partial charge in [0.05, 0.1) is 83.4 Å². The number of nitrogens with two attached hydrogens (primary N) is 3. The van der Waals surface area contributed by atoms with Gasteiger partial charge in [0.25, 0.3) is 0 Å². The van der Waals surface area contributed by atoms with Gasteiger partial charge in [-0.3, -0.25) is 28.8 Å². The summed E-state index contributed by atoms with van der Waals surface area (Å²) < 4.78 is 64.6. The molecule has 1 aliphatic rings. The lowest BCUT2D eigenvalue weighted by Gasteiger charge is -2.21. The number of esters is 4. The van der Waals surface area contributed by atoms with E-state index < -0.39 is 49.4 Å². The van der Waals surface area contributed by atoms with Crippen molar-refractivity contribution >= 4 is 35.8 Å². The number of methoxy groups -OCH3 is 5. The maximum absolute atomic E-state index is 11.6. The molecule has 90 heavy (non-hydrogen) atoms. The fraction of sp³-hybridized carbons (Fsp3) is 0.897. The van der Waals surface area contributed by atoms with Gasteiger partial charge < -0.3 is 130 Å². The molecule has 0 aromatic heterocycles. The van der Waals surface area contributed by atoms with Crippen LogP contribution < -0.4 is 22.5 Å². The Balaban J connectivity index is -0.000000239. The monoisotopic (exact) mass is 1320 g/mol. The summed E-state index contributed by atoms with van der Waals surface area (Å²) >= 11 is 0. The molecule has 1 saturated heterocycles. The van der Waals surface area contributed by atoms with Crippen molar-refractivity contribution in [3.8, 4) is 0 Å². The first-order valence-electron chi connectivity index (χ1n) is 30.6. The Hall–Kier alpha value is -3.82. The predicted molar refractivity (Wildman–Crippen MR) is 327 cm³/mol. The van der Waals surface area contributed by atoms with Crippen molar-refractivity contribution in [2.75, 3.05) is 128 Å². The fourth-order valence-electron chi connectivity index (χ4n) is 5.98. The minimum atomic E-state index is -0.945. The number of hydrogen-bond donors (Lipinski definition) is 13. The molecule has 1 fully saturated rings. The second-order valence-electron chi connectivity index (χ2n) is 18.9. The van der Waals surface area contributed by atoms with Crippen LogP contribution in [0.25, 0.3) is 0 Å². The Morgan fingerprint density at radius 3 is 0.956 bits per heavy atom. The van der Waals surface area contributed by atoms with Gasteiger partial charge in [-0.05, 0) is 96.7 Å². The van der Waals surface area contributed by atoms with Crippen LogP contribution in [0.15, 0.2) is 0 Å². The fourth-order valence-corrected chi connectivity index (χ4v) is 5.98. The first-order chi connectivity index (χ1) is 43.1. The third kappa shape index (κ3) is 67.1. The number of carbonyl (C=O) groups excluding carboxylic acids is 5. The van der Waals surface area contributed by atoms with E-state index in [9.17, 15) is 28.8 Å². The van der Waals surface area contributed by atoms with E-state index in [2.05, 4.69) is 10.1 Å². The van der Waals surface area contributed by atoms with E-state index in [1.54, 1.807) is 0 Å². The van der Waals surface area contributed by atoms with Crippen LogP contribution in [0.5, 0.6) is 0 Å². The number of aliphatic hydroxyl groups is 8. The molecule has 0 aliphatic carbocycles. The summed E-state index contributed by atoms with van der Waals surface area (Å²) in [6.07, 6.45) is 4.99. The number of aliphatic hydroxyl groups excluding tert-OH is 8. The number of ether oxygens (including phenoxy) is 13. The maximum atomic E-state index is 11.6.